The third-order valence-corrected chi connectivity index (χ3v) is 6.14. The molecule has 3 aromatic carbocycles. The Balaban J connectivity index is 1.37. The van der Waals surface area contributed by atoms with Gasteiger partial charge in [-0.05, 0) is 63.3 Å². The van der Waals surface area contributed by atoms with E-state index in [-0.39, 0.29) is 18.1 Å². The van der Waals surface area contributed by atoms with Crippen molar-refractivity contribution in [3.8, 4) is 11.1 Å². The van der Waals surface area contributed by atoms with Crippen molar-refractivity contribution in [2.75, 3.05) is 11.9 Å². The quantitative estimate of drug-likeness (QED) is 0.377. The Morgan fingerprint density at radius 2 is 1.62 bits per heavy atom. The number of hydrogen-bond acceptors (Lipinski definition) is 5. The predicted octanol–water partition coefficient (Wildman–Crippen LogP) is 4.94. The van der Waals surface area contributed by atoms with Gasteiger partial charge in [-0.25, -0.2) is 15.1 Å². The molecule has 0 spiro atoms. The number of carboxylic acids is 1. The van der Waals surface area contributed by atoms with Crippen molar-refractivity contribution < 1.29 is 29.1 Å². The number of nitrogens with one attached hydrogen (secondary N) is 2. The molecule has 0 bridgehead atoms. The number of carbonyl (C=O) groups is 3. The number of fused-ring (bicyclic) bond motifs is 3. The van der Waals surface area contributed by atoms with E-state index in [0.717, 1.165) is 22.3 Å². The number of rotatable bonds is 7. The van der Waals surface area contributed by atoms with Crippen LogP contribution in [0.4, 0.5) is 10.5 Å². The Labute approximate surface area is 204 Å². The van der Waals surface area contributed by atoms with Crippen molar-refractivity contribution in [3.05, 3.63) is 87.9 Å². The van der Waals surface area contributed by atoms with Crippen LogP contribution in [0.25, 0.3) is 11.1 Å². The van der Waals surface area contributed by atoms with Gasteiger partial charge in [0, 0.05) is 16.0 Å². The first kappa shape index (κ1) is 23.5. The third-order valence-electron chi connectivity index (χ3n) is 5.49. The molecule has 2 amide bonds. The summed E-state index contributed by atoms with van der Waals surface area (Å²) in [7, 11) is 0. The topological polar surface area (TPSA) is 114 Å². The van der Waals surface area contributed by atoms with Crippen molar-refractivity contribution in [2.45, 2.75) is 18.9 Å². The molecule has 1 aliphatic carbocycles. The van der Waals surface area contributed by atoms with Gasteiger partial charge in [-0.1, -0.05) is 48.5 Å². The molecule has 0 aliphatic heterocycles. The van der Waals surface area contributed by atoms with Gasteiger partial charge < -0.3 is 9.84 Å². The lowest BCUT2D eigenvalue weighted by atomic mass is 9.98. The Morgan fingerprint density at radius 1 is 1.00 bits per heavy atom. The van der Waals surface area contributed by atoms with Gasteiger partial charge >= 0.3 is 12.1 Å². The Bertz CT molecular complexity index is 1220. The minimum Gasteiger partial charge on any atom is -0.479 e. The summed E-state index contributed by atoms with van der Waals surface area (Å²) in [5.41, 5.74) is 7.23. The summed E-state index contributed by atoms with van der Waals surface area (Å²) >= 11 is 3.32. The first-order chi connectivity index (χ1) is 16.3. The standard InChI is InChI=1S/C25H21BrN2O6/c1-14(24(30)31)34-28-23(29)15-10-11-22(21(26)12-15)27-25(32)33-13-20-18-8-4-2-6-16(18)17-7-3-5-9-19(17)20/h2-12,14,20H,13H2,1H3,(H,27,32)(H,28,29)(H,30,31). The van der Waals surface area contributed by atoms with Crippen LogP contribution in [0.3, 0.4) is 0 Å². The lowest BCUT2D eigenvalue weighted by Crippen LogP contribution is -2.32. The molecule has 9 heteroatoms. The molecule has 0 saturated carbocycles. The minimum atomic E-state index is -1.20. The fraction of sp³-hybridized carbons (Fsp3) is 0.160. The van der Waals surface area contributed by atoms with Gasteiger partial charge in [-0.3, -0.25) is 14.9 Å². The summed E-state index contributed by atoms with van der Waals surface area (Å²) in [6.07, 6.45) is -1.82. The van der Waals surface area contributed by atoms with Crippen molar-refractivity contribution in [2.24, 2.45) is 0 Å². The van der Waals surface area contributed by atoms with E-state index >= 15 is 0 Å². The number of aliphatic carboxylic acids is 1. The van der Waals surface area contributed by atoms with Gasteiger partial charge in [0.2, 0.25) is 0 Å². The first-order valence-corrected chi connectivity index (χ1v) is 11.2. The van der Waals surface area contributed by atoms with Crippen molar-refractivity contribution in [1.82, 2.24) is 5.48 Å². The third kappa shape index (κ3) is 4.95. The number of carbonyl (C=O) groups excluding carboxylic acids is 2. The van der Waals surface area contributed by atoms with Gasteiger partial charge in [0.1, 0.15) is 6.61 Å². The molecule has 8 nitrogen and oxygen atoms in total. The van der Waals surface area contributed by atoms with Gasteiger partial charge in [-0.2, -0.15) is 0 Å². The van der Waals surface area contributed by atoms with Gasteiger partial charge in [0.25, 0.3) is 5.91 Å². The Hall–Kier alpha value is -3.69. The van der Waals surface area contributed by atoms with Crippen molar-refractivity contribution in [3.63, 3.8) is 0 Å². The van der Waals surface area contributed by atoms with E-state index < -0.39 is 24.1 Å². The van der Waals surface area contributed by atoms with E-state index in [0.29, 0.717) is 10.2 Å². The van der Waals surface area contributed by atoms with Gasteiger partial charge in [0.15, 0.2) is 6.10 Å². The lowest BCUT2D eigenvalue weighted by molar-refractivity contribution is -0.152. The fourth-order valence-electron chi connectivity index (χ4n) is 3.75. The van der Waals surface area contributed by atoms with Gasteiger partial charge in [0.05, 0.1) is 5.69 Å². The number of benzene rings is 3. The zero-order chi connectivity index (χ0) is 24.2. The number of hydrogen-bond donors (Lipinski definition) is 3. The highest BCUT2D eigenvalue weighted by molar-refractivity contribution is 9.10. The highest BCUT2D eigenvalue weighted by Gasteiger charge is 2.29. The summed E-state index contributed by atoms with van der Waals surface area (Å²) in [4.78, 5) is 40.2. The van der Waals surface area contributed by atoms with Crippen LogP contribution >= 0.6 is 15.9 Å². The lowest BCUT2D eigenvalue weighted by Gasteiger charge is -2.15. The zero-order valence-corrected chi connectivity index (χ0v) is 19.7. The molecule has 0 fully saturated rings. The Morgan fingerprint density at radius 3 is 2.21 bits per heavy atom. The van der Waals surface area contributed by atoms with Crippen LogP contribution in [0.15, 0.2) is 71.2 Å². The largest absolute Gasteiger partial charge is 0.479 e. The summed E-state index contributed by atoms with van der Waals surface area (Å²) in [6, 6.07) is 20.6. The molecule has 1 unspecified atom stereocenters. The van der Waals surface area contributed by atoms with Gasteiger partial charge in [-0.15, -0.1) is 0 Å². The summed E-state index contributed by atoms with van der Waals surface area (Å²) in [5, 5.41) is 11.5. The smallest absolute Gasteiger partial charge is 0.411 e. The second kappa shape index (κ2) is 10.1. The molecule has 1 aliphatic rings. The molecule has 3 aromatic rings. The number of halogens is 1. The molecule has 1 atom stereocenters. The number of hydroxylamine groups is 1. The maximum absolute atomic E-state index is 12.5. The molecule has 3 N–H and O–H groups in total. The van der Waals surface area contributed by atoms with Crippen LogP contribution in [0, 0.1) is 0 Å². The number of anilines is 1. The van der Waals surface area contributed by atoms with E-state index in [1.165, 1.54) is 25.1 Å². The molecule has 0 saturated heterocycles. The monoisotopic (exact) mass is 524 g/mol. The van der Waals surface area contributed by atoms with Crippen molar-refractivity contribution in [1.29, 1.82) is 0 Å². The number of ether oxygens (including phenoxy) is 1. The number of amides is 2. The second-order valence-electron chi connectivity index (χ2n) is 7.67. The summed E-state index contributed by atoms with van der Waals surface area (Å²) in [5.74, 6) is -1.88. The first-order valence-electron chi connectivity index (χ1n) is 10.5. The number of carboxylic acid groups (broad SMARTS) is 1. The molecular formula is C25H21BrN2O6. The molecule has 0 radical (unpaired) electrons. The maximum atomic E-state index is 12.5. The van der Waals surface area contributed by atoms with E-state index in [2.05, 4.69) is 38.9 Å². The maximum Gasteiger partial charge on any atom is 0.411 e. The fourth-order valence-corrected chi connectivity index (χ4v) is 4.23. The second-order valence-corrected chi connectivity index (χ2v) is 8.53. The predicted molar refractivity (Wildman–Crippen MR) is 128 cm³/mol. The highest BCUT2D eigenvalue weighted by Crippen LogP contribution is 2.44. The van der Waals surface area contributed by atoms with Crippen LogP contribution in [0.2, 0.25) is 0 Å². The van der Waals surface area contributed by atoms with Crippen LogP contribution in [-0.4, -0.2) is 35.8 Å². The summed E-state index contributed by atoms with van der Waals surface area (Å²) < 4.78 is 5.98. The molecule has 0 heterocycles. The van der Waals surface area contributed by atoms with Crippen LogP contribution in [-0.2, 0) is 14.4 Å². The van der Waals surface area contributed by atoms with E-state index in [9.17, 15) is 14.4 Å². The average molecular weight is 525 g/mol. The highest BCUT2D eigenvalue weighted by atomic mass is 79.9. The zero-order valence-electron chi connectivity index (χ0n) is 18.1. The van der Waals surface area contributed by atoms with E-state index in [1.807, 2.05) is 36.4 Å². The van der Waals surface area contributed by atoms with E-state index in [4.69, 9.17) is 14.7 Å². The Kier molecular flexibility index (Phi) is 6.95. The molecular weight excluding hydrogens is 504 g/mol. The summed E-state index contributed by atoms with van der Waals surface area (Å²) in [6.45, 7) is 1.47. The molecule has 34 heavy (non-hydrogen) atoms. The van der Waals surface area contributed by atoms with Crippen LogP contribution < -0.4 is 10.8 Å². The minimum absolute atomic E-state index is 0.0548. The van der Waals surface area contributed by atoms with Crippen molar-refractivity contribution >= 4 is 39.6 Å². The van der Waals surface area contributed by atoms with E-state index in [1.54, 1.807) is 0 Å². The van der Waals surface area contributed by atoms with Crippen LogP contribution in [0.5, 0.6) is 0 Å². The molecule has 0 aromatic heterocycles. The van der Waals surface area contributed by atoms with Crippen LogP contribution in [0.1, 0.15) is 34.3 Å². The molecule has 4 rings (SSSR count). The SMILES string of the molecule is CC(ONC(=O)c1ccc(NC(=O)OCC2c3ccccc3-c3ccccc32)c(Br)c1)C(=O)O. The normalized spacial score (nSPS) is 12.9. The average Bonchev–Trinajstić information content (AvgIpc) is 3.16. The molecule has 174 valence electrons.